The largest absolute Gasteiger partial charge is 0.334 e. The molecule has 2 aromatic carbocycles. The van der Waals surface area contributed by atoms with E-state index in [2.05, 4.69) is 31.4 Å². The molecule has 2 amide bonds. The van der Waals surface area contributed by atoms with E-state index >= 15 is 0 Å². The van der Waals surface area contributed by atoms with E-state index in [0.717, 1.165) is 10.0 Å². The van der Waals surface area contributed by atoms with Crippen LogP contribution in [0.15, 0.2) is 64.0 Å². The normalized spacial score (nSPS) is 11.2. The number of nitrogens with one attached hydrogen (secondary N) is 3. The summed E-state index contributed by atoms with van der Waals surface area (Å²) < 4.78 is 27.3. The van der Waals surface area contributed by atoms with Crippen LogP contribution in [0.5, 0.6) is 0 Å². The fourth-order valence-corrected chi connectivity index (χ4v) is 3.84. The molecule has 0 spiro atoms. The molecule has 26 heavy (non-hydrogen) atoms. The number of carbonyl (C=O) groups excluding carboxylic acids is 1. The first-order valence-electron chi connectivity index (χ1n) is 7.25. The van der Waals surface area contributed by atoms with Crippen LogP contribution in [0, 0.1) is 0 Å². The second-order valence-corrected chi connectivity index (χ2v) is 8.14. The molecule has 0 saturated heterocycles. The number of halogens is 2. The van der Waals surface area contributed by atoms with Crippen LogP contribution in [-0.4, -0.2) is 24.6 Å². The van der Waals surface area contributed by atoms with Crippen molar-refractivity contribution in [2.45, 2.75) is 4.90 Å². The molecular weight excluding hydrogens is 444 g/mol. The second kappa shape index (κ2) is 7.48. The van der Waals surface area contributed by atoms with Crippen molar-refractivity contribution in [2.24, 2.45) is 0 Å². The van der Waals surface area contributed by atoms with Crippen LogP contribution < -0.4 is 10.0 Å². The minimum Gasteiger partial charge on any atom is -0.290 e. The van der Waals surface area contributed by atoms with Crippen molar-refractivity contribution in [3.63, 3.8) is 0 Å². The summed E-state index contributed by atoms with van der Waals surface area (Å²) >= 11 is 9.21. The Bertz CT molecular complexity index is 1050. The van der Waals surface area contributed by atoms with Gasteiger partial charge in [-0.3, -0.25) is 10.4 Å². The van der Waals surface area contributed by atoms with Gasteiger partial charge in [0.05, 0.1) is 10.7 Å². The van der Waals surface area contributed by atoms with Crippen molar-refractivity contribution >= 4 is 49.4 Å². The number of carbonyl (C=O) groups is 1. The summed E-state index contributed by atoms with van der Waals surface area (Å²) in [6, 6.07) is 13.9. The van der Waals surface area contributed by atoms with Crippen LogP contribution in [0.1, 0.15) is 0 Å². The highest BCUT2D eigenvalue weighted by molar-refractivity contribution is 9.10. The second-order valence-electron chi connectivity index (χ2n) is 5.16. The number of hydrogen-bond acceptors (Lipinski definition) is 4. The molecule has 3 aromatic rings. The number of nitrogens with zero attached hydrogens (tertiary/aromatic N) is 1. The fourth-order valence-electron chi connectivity index (χ4n) is 2.14. The van der Waals surface area contributed by atoms with Crippen LogP contribution >= 0.6 is 27.5 Å². The van der Waals surface area contributed by atoms with Crippen LogP contribution in [-0.2, 0) is 10.0 Å². The van der Waals surface area contributed by atoms with E-state index < -0.39 is 16.1 Å². The lowest BCUT2D eigenvalue weighted by Crippen LogP contribution is -2.34. The minimum absolute atomic E-state index is 0.0186. The van der Waals surface area contributed by atoms with E-state index in [0.29, 0.717) is 5.69 Å². The van der Waals surface area contributed by atoms with E-state index in [1.54, 1.807) is 12.1 Å². The molecular formula is C16H12BrClN4O3S. The Hall–Kier alpha value is -2.36. The van der Waals surface area contributed by atoms with Gasteiger partial charge >= 0.3 is 6.03 Å². The van der Waals surface area contributed by atoms with E-state index in [-0.39, 0.29) is 15.7 Å². The predicted molar refractivity (Wildman–Crippen MR) is 103 cm³/mol. The Morgan fingerprint density at radius 3 is 2.50 bits per heavy atom. The van der Waals surface area contributed by atoms with E-state index in [4.69, 9.17) is 11.6 Å². The van der Waals surface area contributed by atoms with E-state index in [1.807, 2.05) is 29.0 Å². The summed E-state index contributed by atoms with van der Waals surface area (Å²) in [4.78, 5) is 11.8. The van der Waals surface area contributed by atoms with Gasteiger partial charge in [0.25, 0.3) is 10.0 Å². The summed E-state index contributed by atoms with van der Waals surface area (Å²) in [6.45, 7) is 0. The summed E-state index contributed by atoms with van der Waals surface area (Å²) in [5.41, 5.74) is 1.53. The van der Waals surface area contributed by atoms with Crippen molar-refractivity contribution in [2.75, 3.05) is 5.32 Å². The summed E-state index contributed by atoms with van der Waals surface area (Å²) in [7, 11) is -4.10. The highest BCUT2D eigenvalue weighted by Gasteiger charge is 2.20. The summed E-state index contributed by atoms with van der Waals surface area (Å²) in [5, 5.41) is 9.10. The maximum absolute atomic E-state index is 12.2. The standard InChI is InChI=1S/C16H12BrClN4O3S/c17-11-7-5-10(6-8-11)13-9-15(21-20-13)19-16(23)22-26(24,25)14-4-2-1-3-12(14)18/h1-9H,(H3,19,20,21,22,23). The van der Waals surface area contributed by atoms with Gasteiger partial charge in [0.1, 0.15) is 4.90 Å². The minimum atomic E-state index is -4.10. The molecule has 0 atom stereocenters. The first-order chi connectivity index (χ1) is 12.3. The quantitative estimate of drug-likeness (QED) is 0.553. The third kappa shape index (κ3) is 4.24. The molecule has 3 N–H and O–H groups in total. The number of amides is 2. The summed E-state index contributed by atoms with van der Waals surface area (Å²) in [5.74, 6) is 0.176. The maximum Gasteiger partial charge on any atom is 0.334 e. The average molecular weight is 456 g/mol. The lowest BCUT2D eigenvalue weighted by molar-refractivity contribution is 0.256. The highest BCUT2D eigenvalue weighted by Crippen LogP contribution is 2.22. The van der Waals surface area contributed by atoms with Gasteiger partial charge < -0.3 is 0 Å². The zero-order valence-corrected chi connectivity index (χ0v) is 16.2. The van der Waals surface area contributed by atoms with Crippen LogP contribution in [0.2, 0.25) is 5.02 Å². The fraction of sp³-hybridized carbons (Fsp3) is 0. The van der Waals surface area contributed by atoms with Gasteiger partial charge in [-0.2, -0.15) is 5.10 Å². The topological polar surface area (TPSA) is 104 Å². The molecule has 0 saturated carbocycles. The van der Waals surface area contributed by atoms with Gasteiger partial charge in [0.15, 0.2) is 5.82 Å². The molecule has 0 unspecified atom stereocenters. The number of rotatable bonds is 4. The number of H-pyrrole nitrogens is 1. The number of benzene rings is 2. The molecule has 0 aliphatic carbocycles. The van der Waals surface area contributed by atoms with Crippen LogP contribution in [0.4, 0.5) is 10.6 Å². The number of anilines is 1. The molecule has 0 radical (unpaired) electrons. The van der Waals surface area contributed by atoms with Crippen molar-refractivity contribution in [3.05, 3.63) is 64.1 Å². The van der Waals surface area contributed by atoms with Crippen LogP contribution in [0.25, 0.3) is 11.3 Å². The molecule has 0 aliphatic heterocycles. The van der Waals surface area contributed by atoms with Gasteiger partial charge in [-0.05, 0) is 29.8 Å². The van der Waals surface area contributed by atoms with Crippen LogP contribution in [0.3, 0.4) is 0 Å². The Kier molecular flexibility index (Phi) is 5.30. The van der Waals surface area contributed by atoms with Gasteiger partial charge in [0.2, 0.25) is 0 Å². The number of aromatic amines is 1. The molecule has 3 rings (SSSR count). The molecule has 7 nitrogen and oxygen atoms in total. The van der Waals surface area contributed by atoms with Crippen molar-refractivity contribution in [1.29, 1.82) is 0 Å². The zero-order valence-electron chi connectivity index (χ0n) is 13.0. The van der Waals surface area contributed by atoms with E-state index in [9.17, 15) is 13.2 Å². The molecule has 1 aromatic heterocycles. The lowest BCUT2D eigenvalue weighted by atomic mass is 10.2. The number of urea groups is 1. The number of aromatic nitrogens is 2. The van der Waals surface area contributed by atoms with E-state index in [1.165, 1.54) is 18.2 Å². The molecule has 1 heterocycles. The molecule has 0 fully saturated rings. The smallest absolute Gasteiger partial charge is 0.290 e. The molecule has 134 valence electrons. The molecule has 0 aliphatic rings. The van der Waals surface area contributed by atoms with Crippen molar-refractivity contribution < 1.29 is 13.2 Å². The predicted octanol–water partition coefficient (Wildman–Crippen LogP) is 4.00. The number of sulfonamides is 1. The van der Waals surface area contributed by atoms with Gasteiger partial charge in [-0.25, -0.2) is 17.9 Å². The van der Waals surface area contributed by atoms with Crippen molar-refractivity contribution in [1.82, 2.24) is 14.9 Å². The van der Waals surface area contributed by atoms with Crippen molar-refractivity contribution in [3.8, 4) is 11.3 Å². The first-order valence-corrected chi connectivity index (χ1v) is 9.90. The first kappa shape index (κ1) is 18.4. The SMILES string of the molecule is O=C(Nc1cc(-c2ccc(Br)cc2)[nH]n1)NS(=O)(=O)c1ccccc1Cl. The number of hydrogen-bond donors (Lipinski definition) is 3. The Morgan fingerprint density at radius 2 is 1.81 bits per heavy atom. The molecule has 0 bridgehead atoms. The third-order valence-electron chi connectivity index (χ3n) is 3.33. The Balaban J connectivity index is 1.71. The Morgan fingerprint density at radius 1 is 1.12 bits per heavy atom. The summed E-state index contributed by atoms with van der Waals surface area (Å²) in [6.07, 6.45) is 0. The van der Waals surface area contributed by atoms with Gasteiger partial charge in [-0.15, -0.1) is 0 Å². The molecule has 10 heteroatoms. The maximum atomic E-state index is 12.2. The third-order valence-corrected chi connectivity index (χ3v) is 5.69. The Labute approximate surface area is 163 Å². The lowest BCUT2D eigenvalue weighted by Gasteiger charge is -2.08. The zero-order chi connectivity index (χ0) is 18.7. The van der Waals surface area contributed by atoms with Gasteiger partial charge in [-0.1, -0.05) is 51.8 Å². The highest BCUT2D eigenvalue weighted by atomic mass is 79.9. The monoisotopic (exact) mass is 454 g/mol. The average Bonchev–Trinajstić information content (AvgIpc) is 3.03. The van der Waals surface area contributed by atoms with Gasteiger partial charge in [0, 0.05) is 10.5 Å².